The summed E-state index contributed by atoms with van der Waals surface area (Å²) in [4.78, 5) is 13.5. The van der Waals surface area contributed by atoms with Crippen LogP contribution < -0.4 is 5.73 Å². The van der Waals surface area contributed by atoms with Crippen LogP contribution in [-0.4, -0.2) is 24.4 Å². The molecular weight excluding hydrogens is 200 g/mol. The van der Waals surface area contributed by atoms with Crippen LogP contribution >= 0.6 is 0 Å². The predicted octanol–water partition coefficient (Wildman–Crippen LogP) is 2.23. The SMILES string of the molecule is CC.Cc1cc2c(cc1N)CCN(C)C2=O. The van der Waals surface area contributed by atoms with E-state index in [1.54, 1.807) is 4.90 Å². The normalized spacial score (nSPS) is 14.0. The molecule has 1 aliphatic rings. The van der Waals surface area contributed by atoms with Crippen molar-refractivity contribution in [2.75, 3.05) is 19.3 Å². The van der Waals surface area contributed by atoms with Crippen molar-refractivity contribution in [1.29, 1.82) is 0 Å². The molecule has 0 saturated carbocycles. The van der Waals surface area contributed by atoms with Crippen LogP contribution in [0.15, 0.2) is 12.1 Å². The Balaban J connectivity index is 0.000000606. The number of rotatable bonds is 0. The maximum Gasteiger partial charge on any atom is 0.253 e. The van der Waals surface area contributed by atoms with Crippen molar-refractivity contribution in [3.05, 3.63) is 28.8 Å². The van der Waals surface area contributed by atoms with E-state index in [9.17, 15) is 4.79 Å². The van der Waals surface area contributed by atoms with Gasteiger partial charge in [0.15, 0.2) is 0 Å². The lowest BCUT2D eigenvalue weighted by Gasteiger charge is -2.25. The van der Waals surface area contributed by atoms with Crippen LogP contribution in [0, 0.1) is 6.92 Å². The first-order valence-electron chi connectivity index (χ1n) is 5.74. The van der Waals surface area contributed by atoms with Crippen LogP contribution in [0.3, 0.4) is 0 Å². The molecular formula is C13H20N2O. The van der Waals surface area contributed by atoms with Crippen LogP contribution in [0.5, 0.6) is 0 Å². The third kappa shape index (κ3) is 2.18. The van der Waals surface area contributed by atoms with E-state index in [0.717, 1.165) is 35.3 Å². The first-order valence-corrected chi connectivity index (χ1v) is 5.74. The number of likely N-dealkylation sites (N-methyl/N-ethyl adjacent to an activating group) is 1. The standard InChI is InChI=1S/C11H14N2O.C2H6/c1-7-5-9-8(6-10(7)12)3-4-13(2)11(9)14;1-2/h5-6H,3-4,12H2,1-2H3;1-2H3. The van der Waals surface area contributed by atoms with Gasteiger partial charge in [-0.1, -0.05) is 13.8 Å². The second kappa shape index (κ2) is 5.01. The summed E-state index contributed by atoms with van der Waals surface area (Å²) in [5, 5.41) is 0. The minimum atomic E-state index is 0.106. The predicted molar refractivity (Wildman–Crippen MR) is 67.6 cm³/mol. The molecule has 0 aromatic heterocycles. The Morgan fingerprint density at radius 3 is 2.56 bits per heavy atom. The summed E-state index contributed by atoms with van der Waals surface area (Å²) >= 11 is 0. The molecule has 88 valence electrons. The van der Waals surface area contributed by atoms with E-state index >= 15 is 0 Å². The summed E-state index contributed by atoms with van der Waals surface area (Å²) in [6, 6.07) is 3.82. The van der Waals surface area contributed by atoms with Crippen molar-refractivity contribution in [3.8, 4) is 0 Å². The highest BCUT2D eigenvalue weighted by Crippen LogP contribution is 2.23. The van der Waals surface area contributed by atoms with E-state index in [1.165, 1.54) is 0 Å². The van der Waals surface area contributed by atoms with Gasteiger partial charge in [-0.05, 0) is 36.6 Å². The quantitative estimate of drug-likeness (QED) is 0.681. The number of fused-ring (bicyclic) bond motifs is 1. The van der Waals surface area contributed by atoms with E-state index in [2.05, 4.69) is 0 Å². The summed E-state index contributed by atoms with van der Waals surface area (Å²) in [6.07, 6.45) is 0.905. The van der Waals surface area contributed by atoms with E-state index in [-0.39, 0.29) is 5.91 Å². The van der Waals surface area contributed by atoms with Crippen molar-refractivity contribution in [2.24, 2.45) is 0 Å². The maximum atomic E-state index is 11.8. The van der Waals surface area contributed by atoms with E-state index in [4.69, 9.17) is 5.73 Å². The molecule has 1 heterocycles. The monoisotopic (exact) mass is 220 g/mol. The summed E-state index contributed by atoms with van der Waals surface area (Å²) < 4.78 is 0. The molecule has 0 bridgehead atoms. The van der Waals surface area contributed by atoms with Gasteiger partial charge in [0.05, 0.1) is 0 Å². The molecule has 1 aromatic rings. The van der Waals surface area contributed by atoms with Gasteiger partial charge in [-0.15, -0.1) is 0 Å². The molecule has 1 amide bonds. The fraction of sp³-hybridized carbons (Fsp3) is 0.462. The van der Waals surface area contributed by atoms with Crippen LogP contribution in [0.1, 0.15) is 35.3 Å². The average molecular weight is 220 g/mol. The van der Waals surface area contributed by atoms with E-state index < -0.39 is 0 Å². The van der Waals surface area contributed by atoms with Gasteiger partial charge in [0.1, 0.15) is 0 Å². The minimum Gasteiger partial charge on any atom is -0.399 e. The Kier molecular flexibility index (Phi) is 3.93. The number of nitrogens with zero attached hydrogens (tertiary/aromatic N) is 1. The molecule has 3 nitrogen and oxygen atoms in total. The Hall–Kier alpha value is -1.51. The largest absolute Gasteiger partial charge is 0.399 e. The third-order valence-corrected chi connectivity index (χ3v) is 2.79. The van der Waals surface area contributed by atoms with E-state index in [0.29, 0.717) is 0 Å². The molecule has 2 N–H and O–H groups in total. The number of carbonyl (C=O) groups excluding carboxylic acids is 1. The molecule has 0 atom stereocenters. The van der Waals surface area contributed by atoms with Gasteiger partial charge in [0.25, 0.3) is 5.91 Å². The molecule has 16 heavy (non-hydrogen) atoms. The van der Waals surface area contributed by atoms with Gasteiger partial charge in [0, 0.05) is 24.8 Å². The maximum absolute atomic E-state index is 11.8. The number of hydrogen-bond donors (Lipinski definition) is 1. The zero-order valence-electron chi connectivity index (χ0n) is 10.5. The summed E-state index contributed by atoms with van der Waals surface area (Å²) in [7, 11) is 1.83. The van der Waals surface area contributed by atoms with Crippen molar-refractivity contribution >= 4 is 11.6 Å². The second-order valence-electron chi connectivity index (χ2n) is 3.84. The van der Waals surface area contributed by atoms with Gasteiger partial charge >= 0.3 is 0 Å². The van der Waals surface area contributed by atoms with Gasteiger partial charge in [-0.3, -0.25) is 4.79 Å². The highest BCUT2D eigenvalue weighted by atomic mass is 16.2. The minimum absolute atomic E-state index is 0.106. The lowest BCUT2D eigenvalue weighted by molar-refractivity contribution is 0.0781. The van der Waals surface area contributed by atoms with Crippen LogP contribution in [0.25, 0.3) is 0 Å². The first kappa shape index (κ1) is 12.6. The van der Waals surface area contributed by atoms with Crippen LogP contribution in [-0.2, 0) is 6.42 Å². The second-order valence-corrected chi connectivity index (χ2v) is 3.84. The van der Waals surface area contributed by atoms with Crippen LogP contribution in [0.4, 0.5) is 5.69 Å². The zero-order chi connectivity index (χ0) is 12.3. The third-order valence-electron chi connectivity index (χ3n) is 2.79. The Labute approximate surface area is 97.2 Å². The number of aryl methyl sites for hydroxylation is 1. The Morgan fingerprint density at radius 2 is 1.94 bits per heavy atom. The number of nitrogens with two attached hydrogens (primary N) is 1. The molecule has 2 rings (SSSR count). The van der Waals surface area contributed by atoms with Gasteiger partial charge in [0.2, 0.25) is 0 Å². The number of hydrogen-bond acceptors (Lipinski definition) is 2. The number of amides is 1. The number of anilines is 1. The molecule has 0 radical (unpaired) electrons. The smallest absolute Gasteiger partial charge is 0.253 e. The fourth-order valence-electron chi connectivity index (χ4n) is 1.77. The summed E-state index contributed by atoms with van der Waals surface area (Å²) in [5.41, 5.74) is 9.45. The molecule has 1 aliphatic heterocycles. The Bertz CT molecular complexity index is 399. The van der Waals surface area contributed by atoms with Gasteiger partial charge in [-0.2, -0.15) is 0 Å². The summed E-state index contributed by atoms with van der Waals surface area (Å²) in [6.45, 7) is 6.71. The summed E-state index contributed by atoms with van der Waals surface area (Å²) in [5.74, 6) is 0.106. The highest BCUT2D eigenvalue weighted by molar-refractivity contribution is 5.97. The number of carbonyl (C=O) groups is 1. The topological polar surface area (TPSA) is 46.3 Å². The van der Waals surface area contributed by atoms with Gasteiger partial charge in [-0.25, -0.2) is 0 Å². The van der Waals surface area contributed by atoms with Gasteiger partial charge < -0.3 is 10.6 Å². The molecule has 0 saturated heterocycles. The van der Waals surface area contributed by atoms with Crippen LogP contribution in [0.2, 0.25) is 0 Å². The molecule has 0 fully saturated rings. The lowest BCUT2D eigenvalue weighted by atomic mass is 9.96. The van der Waals surface area contributed by atoms with Crippen molar-refractivity contribution in [1.82, 2.24) is 4.90 Å². The molecule has 3 heteroatoms. The van der Waals surface area contributed by atoms with Crippen molar-refractivity contribution < 1.29 is 4.79 Å². The lowest BCUT2D eigenvalue weighted by Crippen LogP contribution is -2.34. The zero-order valence-corrected chi connectivity index (χ0v) is 10.5. The fourth-order valence-corrected chi connectivity index (χ4v) is 1.77. The molecule has 1 aromatic carbocycles. The Morgan fingerprint density at radius 1 is 1.31 bits per heavy atom. The number of benzene rings is 1. The molecule has 0 unspecified atom stereocenters. The average Bonchev–Trinajstić information content (AvgIpc) is 2.30. The molecule has 0 spiro atoms. The van der Waals surface area contributed by atoms with Crippen molar-refractivity contribution in [3.63, 3.8) is 0 Å². The molecule has 0 aliphatic carbocycles. The number of nitrogen functional groups attached to an aromatic ring is 1. The highest BCUT2D eigenvalue weighted by Gasteiger charge is 2.21. The van der Waals surface area contributed by atoms with E-state index in [1.807, 2.05) is 40.0 Å². The first-order chi connectivity index (χ1) is 7.59. The van der Waals surface area contributed by atoms with Crippen molar-refractivity contribution in [2.45, 2.75) is 27.2 Å².